The van der Waals surface area contributed by atoms with Gasteiger partial charge in [-0.2, -0.15) is 0 Å². The van der Waals surface area contributed by atoms with Gasteiger partial charge in [-0.15, -0.1) is 0 Å². The van der Waals surface area contributed by atoms with Crippen molar-refractivity contribution in [3.8, 4) is 0 Å². The Kier molecular flexibility index (Phi) is 3.35. The van der Waals surface area contributed by atoms with Crippen LogP contribution in [0.2, 0.25) is 0 Å². The van der Waals surface area contributed by atoms with Crippen molar-refractivity contribution in [2.24, 2.45) is 10.8 Å². The second-order valence-electron chi connectivity index (χ2n) is 7.02. The smallest absolute Gasteiger partial charge is 0.0326 e. The van der Waals surface area contributed by atoms with Crippen LogP contribution in [0.5, 0.6) is 0 Å². The first-order valence-corrected chi connectivity index (χ1v) is 6.02. The predicted molar refractivity (Wildman–Crippen MR) is 68.0 cm³/mol. The van der Waals surface area contributed by atoms with Crippen molar-refractivity contribution >= 4 is 0 Å². The van der Waals surface area contributed by atoms with Crippen molar-refractivity contribution in [3.05, 3.63) is 12.2 Å². The van der Waals surface area contributed by atoms with Gasteiger partial charge in [-0.1, -0.05) is 53.7 Å². The summed E-state index contributed by atoms with van der Waals surface area (Å²) in [6, 6.07) is 1.22. The average Bonchev–Trinajstić information content (AvgIpc) is 1.99. The van der Waals surface area contributed by atoms with Gasteiger partial charge >= 0.3 is 0 Å². The van der Waals surface area contributed by atoms with Crippen molar-refractivity contribution in [1.29, 1.82) is 0 Å². The SMILES string of the molecule is CN1C(C(C)(C)C)C=CCC1C(C)(C)C. The van der Waals surface area contributed by atoms with Gasteiger partial charge in [0.25, 0.3) is 0 Å². The van der Waals surface area contributed by atoms with Crippen LogP contribution in [0.4, 0.5) is 0 Å². The van der Waals surface area contributed by atoms with Crippen LogP contribution in [0.3, 0.4) is 0 Å². The molecule has 0 saturated carbocycles. The van der Waals surface area contributed by atoms with Crippen molar-refractivity contribution in [2.75, 3.05) is 7.05 Å². The van der Waals surface area contributed by atoms with E-state index < -0.39 is 0 Å². The minimum atomic E-state index is 0.329. The van der Waals surface area contributed by atoms with Crippen LogP contribution in [-0.4, -0.2) is 24.0 Å². The van der Waals surface area contributed by atoms with Crippen molar-refractivity contribution in [1.82, 2.24) is 4.90 Å². The third-order valence-electron chi connectivity index (χ3n) is 3.50. The van der Waals surface area contributed by atoms with E-state index in [2.05, 4.69) is 65.6 Å². The molecule has 0 saturated heterocycles. The fraction of sp³-hybridized carbons (Fsp3) is 0.857. The summed E-state index contributed by atoms with van der Waals surface area (Å²) in [5, 5.41) is 0. The molecule has 0 aliphatic carbocycles. The number of rotatable bonds is 0. The van der Waals surface area contributed by atoms with Gasteiger partial charge in [0, 0.05) is 12.1 Å². The Labute approximate surface area is 95.5 Å². The molecule has 0 amide bonds. The van der Waals surface area contributed by atoms with Crippen LogP contribution in [0.15, 0.2) is 12.2 Å². The molecule has 1 rings (SSSR count). The third kappa shape index (κ3) is 2.84. The summed E-state index contributed by atoms with van der Waals surface area (Å²) in [4.78, 5) is 2.56. The molecule has 0 aromatic heterocycles. The molecule has 2 atom stereocenters. The molecule has 0 aromatic rings. The van der Waals surface area contributed by atoms with Gasteiger partial charge in [0.05, 0.1) is 0 Å². The molecule has 0 aromatic carbocycles. The summed E-state index contributed by atoms with van der Waals surface area (Å²) in [5.41, 5.74) is 0.693. The Morgan fingerprint density at radius 3 is 1.93 bits per heavy atom. The Morgan fingerprint density at radius 1 is 1.00 bits per heavy atom. The normalized spacial score (nSPS) is 29.5. The summed E-state index contributed by atoms with van der Waals surface area (Å²) in [7, 11) is 2.27. The average molecular weight is 209 g/mol. The van der Waals surface area contributed by atoms with Gasteiger partial charge in [-0.05, 0) is 24.3 Å². The highest BCUT2D eigenvalue weighted by Gasteiger charge is 2.37. The predicted octanol–water partition coefficient (Wildman–Crippen LogP) is 3.71. The van der Waals surface area contributed by atoms with E-state index >= 15 is 0 Å². The number of likely N-dealkylation sites (N-methyl/N-ethyl adjacent to an activating group) is 1. The van der Waals surface area contributed by atoms with E-state index in [0.29, 0.717) is 22.9 Å². The molecule has 0 spiro atoms. The molecule has 1 nitrogen and oxygen atoms in total. The molecule has 0 fully saturated rings. The first-order valence-electron chi connectivity index (χ1n) is 6.02. The second kappa shape index (κ2) is 3.93. The van der Waals surface area contributed by atoms with Gasteiger partial charge in [0.15, 0.2) is 0 Å². The minimum absolute atomic E-state index is 0.329. The lowest BCUT2D eigenvalue weighted by Crippen LogP contribution is -2.52. The zero-order valence-corrected chi connectivity index (χ0v) is 11.5. The van der Waals surface area contributed by atoms with Crippen LogP contribution < -0.4 is 0 Å². The van der Waals surface area contributed by atoms with Gasteiger partial charge in [-0.25, -0.2) is 0 Å². The lowest BCUT2D eigenvalue weighted by Gasteiger charge is -2.47. The second-order valence-corrected chi connectivity index (χ2v) is 7.02. The molecule has 15 heavy (non-hydrogen) atoms. The zero-order chi connectivity index (χ0) is 11.9. The lowest BCUT2D eigenvalue weighted by molar-refractivity contribution is 0.0493. The van der Waals surface area contributed by atoms with Crippen molar-refractivity contribution in [3.63, 3.8) is 0 Å². The number of nitrogens with zero attached hydrogens (tertiary/aromatic N) is 1. The first kappa shape index (κ1) is 12.8. The van der Waals surface area contributed by atoms with Crippen molar-refractivity contribution < 1.29 is 0 Å². The molecular weight excluding hydrogens is 182 g/mol. The summed E-state index contributed by atoms with van der Waals surface area (Å²) < 4.78 is 0. The lowest BCUT2D eigenvalue weighted by atomic mass is 9.76. The minimum Gasteiger partial charge on any atom is -0.296 e. The Bertz CT molecular complexity index is 239. The maximum atomic E-state index is 2.56. The fourth-order valence-corrected chi connectivity index (χ4v) is 2.70. The Balaban J connectivity index is 2.90. The number of hydrogen-bond acceptors (Lipinski definition) is 1. The Morgan fingerprint density at radius 2 is 1.53 bits per heavy atom. The van der Waals surface area contributed by atoms with Crippen LogP contribution in [0, 0.1) is 10.8 Å². The molecule has 0 bridgehead atoms. The molecule has 0 N–H and O–H groups in total. The highest BCUT2D eigenvalue weighted by atomic mass is 15.2. The zero-order valence-electron chi connectivity index (χ0n) is 11.5. The van der Waals surface area contributed by atoms with E-state index in [1.807, 2.05) is 0 Å². The molecule has 1 aliphatic heterocycles. The third-order valence-corrected chi connectivity index (χ3v) is 3.50. The number of hydrogen-bond donors (Lipinski definition) is 0. The monoisotopic (exact) mass is 209 g/mol. The maximum Gasteiger partial charge on any atom is 0.0326 e. The molecular formula is C14H27N. The van der Waals surface area contributed by atoms with E-state index in [1.165, 1.54) is 6.42 Å². The summed E-state index contributed by atoms with van der Waals surface area (Å²) in [6.07, 6.45) is 5.93. The molecule has 0 radical (unpaired) electrons. The molecule has 1 aliphatic rings. The van der Waals surface area contributed by atoms with Crippen LogP contribution in [0.25, 0.3) is 0 Å². The van der Waals surface area contributed by atoms with E-state index in [-0.39, 0.29) is 0 Å². The summed E-state index contributed by atoms with van der Waals surface area (Å²) in [6.45, 7) is 14.0. The first-order chi connectivity index (χ1) is 6.64. The maximum absolute atomic E-state index is 2.56. The fourth-order valence-electron chi connectivity index (χ4n) is 2.70. The van der Waals surface area contributed by atoms with Gasteiger partial charge in [-0.3, -0.25) is 4.90 Å². The van der Waals surface area contributed by atoms with Gasteiger partial charge in [0.1, 0.15) is 0 Å². The standard InChI is InChI=1S/C14H27N/c1-13(2,3)11-9-8-10-12(15(11)7)14(4,5)6/h8-9,11-12H,10H2,1-7H3. The van der Waals surface area contributed by atoms with Gasteiger partial charge < -0.3 is 0 Å². The van der Waals surface area contributed by atoms with E-state index in [1.54, 1.807) is 0 Å². The van der Waals surface area contributed by atoms with Gasteiger partial charge in [0.2, 0.25) is 0 Å². The largest absolute Gasteiger partial charge is 0.296 e. The van der Waals surface area contributed by atoms with Crippen LogP contribution in [-0.2, 0) is 0 Å². The summed E-state index contributed by atoms with van der Waals surface area (Å²) >= 11 is 0. The van der Waals surface area contributed by atoms with E-state index in [9.17, 15) is 0 Å². The summed E-state index contributed by atoms with van der Waals surface area (Å²) in [5.74, 6) is 0. The molecule has 1 heterocycles. The highest BCUT2D eigenvalue weighted by Crippen LogP contribution is 2.36. The van der Waals surface area contributed by atoms with E-state index in [0.717, 1.165) is 0 Å². The van der Waals surface area contributed by atoms with Crippen LogP contribution >= 0.6 is 0 Å². The highest BCUT2D eigenvalue weighted by molar-refractivity contribution is 5.08. The van der Waals surface area contributed by atoms with Crippen molar-refractivity contribution in [2.45, 2.75) is 60.0 Å². The van der Waals surface area contributed by atoms with Crippen LogP contribution in [0.1, 0.15) is 48.0 Å². The molecule has 88 valence electrons. The molecule has 2 unspecified atom stereocenters. The molecule has 1 heteroatoms. The van der Waals surface area contributed by atoms with E-state index in [4.69, 9.17) is 0 Å². The quantitative estimate of drug-likeness (QED) is 0.550. The topological polar surface area (TPSA) is 3.24 Å². The Hall–Kier alpha value is -0.300.